The molecule has 0 saturated carbocycles. The van der Waals surface area contributed by atoms with Gasteiger partial charge in [-0.2, -0.15) is 0 Å². The van der Waals surface area contributed by atoms with E-state index in [1.165, 1.54) is 61.3 Å². The van der Waals surface area contributed by atoms with Crippen molar-refractivity contribution in [2.24, 2.45) is 0 Å². The van der Waals surface area contributed by atoms with Gasteiger partial charge in [-0.25, -0.2) is 0 Å². The van der Waals surface area contributed by atoms with Crippen LogP contribution in [0.25, 0.3) is 49.4 Å². The molecule has 0 unspecified atom stereocenters. The van der Waals surface area contributed by atoms with Crippen LogP contribution in [0.3, 0.4) is 0 Å². The monoisotopic (exact) mass is 840 g/mol. The van der Waals surface area contributed by atoms with Gasteiger partial charge in [0.2, 0.25) is 0 Å². The van der Waals surface area contributed by atoms with E-state index in [-0.39, 0.29) is 0 Å². The Bertz CT molecular complexity index is 3170. The van der Waals surface area contributed by atoms with Crippen LogP contribution in [-0.4, -0.2) is 17.8 Å². The van der Waals surface area contributed by atoms with Crippen LogP contribution in [0.2, 0.25) is 0 Å². The molecule has 10 aromatic carbocycles. The van der Waals surface area contributed by atoms with Gasteiger partial charge in [0.15, 0.2) is 0 Å². The maximum absolute atomic E-state index is 3.35. The first-order chi connectivity index (χ1) is 30.3. The number of nitrogens with zero attached hydrogens (tertiary/aromatic N) is 2. The Kier molecular flexibility index (Phi) is 9.41. The van der Waals surface area contributed by atoms with Crippen LogP contribution in [0.15, 0.2) is 255 Å². The van der Waals surface area contributed by atoms with Crippen LogP contribution in [0.1, 0.15) is 0 Å². The average Bonchev–Trinajstić information content (AvgIpc) is 3.67. The molecule has 0 aliphatic carbocycles. The number of anilines is 3. The van der Waals surface area contributed by atoms with Crippen LogP contribution in [0, 0.1) is 0 Å². The molecule has 2 nitrogen and oxygen atoms in total. The van der Waals surface area contributed by atoms with Crippen molar-refractivity contribution < 1.29 is 0 Å². The molecule has 288 valence electrons. The molecule has 0 radical (unpaired) electrons. The zero-order chi connectivity index (χ0) is 40.6. The Hall–Kier alpha value is -7.40. The third-order valence-corrected chi connectivity index (χ3v) is 22.4. The predicted molar refractivity (Wildman–Crippen MR) is 262 cm³/mol. The molecule has 61 heavy (non-hydrogen) atoms. The van der Waals surface area contributed by atoms with Crippen molar-refractivity contribution in [3.05, 3.63) is 255 Å². The third-order valence-electron chi connectivity index (χ3n) is 12.3. The molecule has 11 rings (SSSR count). The van der Waals surface area contributed by atoms with Crippen molar-refractivity contribution in [1.29, 1.82) is 0 Å². The molecule has 3 heteroatoms. The van der Waals surface area contributed by atoms with Gasteiger partial charge >= 0.3 is 251 Å². The van der Waals surface area contributed by atoms with Gasteiger partial charge in [-0.3, -0.25) is 0 Å². The quantitative estimate of drug-likeness (QED) is 0.131. The van der Waals surface area contributed by atoms with Gasteiger partial charge in [0.25, 0.3) is 0 Å². The van der Waals surface area contributed by atoms with E-state index in [1.807, 2.05) is 0 Å². The van der Waals surface area contributed by atoms with Crippen molar-refractivity contribution in [3.8, 4) is 16.8 Å². The minimum absolute atomic E-state index is 1.10. The summed E-state index contributed by atoms with van der Waals surface area (Å²) in [6.07, 6.45) is 0. The van der Waals surface area contributed by atoms with Crippen molar-refractivity contribution in [3.63, 3.8) is 0 Å². The van der Waals surface area contributed by atoms with E-state index < -0.39 is 13.3 Å². The molecule has 0 aliphatic heterocycles. The smallest absolute Gasteiger partial charge is 0.0602 e. The fourth-order valence-corrected chi connectivity index (χ4v) is 19.5. The fraction of sp³-hybridized carbons (Fsp3) is 0. The van der Waals surface area contributed by atoms with Gasteiger partial charge in [-0.05, 0) is 23.6 Å². The molecule has 0 saturated heterocycles. The zero-order valence-corrected chi connectivity index (χ0v) is 35.7. The van der Waals surface area contributed by atoms with E-state index in [0.29, 0.717) is 0 Å². The summed E-state index contributed by atoms with van der Waals surface area (Å²) in [7, 11) is 0. The van der Waals surface area contributed by atoms with E-state index in [9.17, 15) is 0 Å². The van der Waals surface area contributed by atoms with Crippen molar-refractivity contribution in [1.82, 2.24) is 4.57 Å². The Morgan fingerprint density at radius 2 is 0.738 bits per heavy atom. The Labute approximate surface area is 359 Å². The second-order valence-corrected chi connectivity index (χ2v) is 23.7. The fourth-order valence-electron chi connectivity index (χ4n) is 9.50. The number of hydrogen-bond donors (Lipinski definition) is 0. The van der Waals surface area contributed by atoms with E-state index in [0.717, 1.165) is 22.7 Å². The van der Waals surface area contributed by atoms with Crippen LogP contribution >= 0.6 is 0 Å². The second-order valence-electron chi connectivity index (χ2n) is 15.7. The van der Waals surface area contributed by atoms with E-state index in [4.69, 9.17) is 0 Å². The molecular weight excluding hydrogens is 797 g/mol. The number of aromatic nitrogens is 1. The minimum Gasteiger partial charge on any atom is -0.0602 e. The van der Waals surface area contributed by atoms with Gasteiger partial charge in [0.1, 0.15) is 0 Å². The van der Waals surface area contributed by atoms with Gasteiger partial charge in [0, 0.05) is 11.1 Å². The summed E-state index contributed by atoms with van der Waals surface area (Å²) in [6.45, 7) is 0. The van der Waals surface area contributed by atoms with Gasteiger partial charge < -0.3 is 4.57 Å². The zero-order valence-electron chi connectivity index (χ0n) is 33.6. The molecule has 0 bridgehead atoms. The third kappa shape index (κ3) is 6.44. The van der Waals surface area contributed by atoms with Gasteiger partial charge in [-0.1, -0.05) is 60.7 Å². The summed E-state index contributed by atoms with van der Waals surface area (Å²) in [4.78, 5) is 2.40. The first-order valence-corrected chi connectivity index (χ1v) is 25.2. The molecule has 0 aliphatic rings. The predicted octanol–water partition coefficient (Wildman–Crippen LogP) is 12.5. The topological polar surface area (TPSA) is 8.17 Å². The van der Waals surface area contributed by atoms with Crippen LogP contribution in [0.5, 0.6) is 0 Å². The van der Waals surface area contributed by atoms with Crippen molar-refractivity contribution in [2.75, 3.05) is 4.90 Å². The Morgan fingerprint density at radius 1 is 0.295 bits per heavy atom. The average molecular weight is 840 g/mol. The van der Waals surface area contributed by atoms with Crippen LogP contribution < -0.4 is 22.5 Å². The summed E-state index contributed by atoms with van der Waals surface area (Å²) in [5.74, 6) is 0. The molecular formula is C58H42GeN2. The molecule has 1 heterocycles. The van der Waals surface area contributed by atoms with Crippen molar-refractivity contribution >= 4 is 80.5 Å². The van der Waals surface area contributed by atoms with E-state index in [1.54, 1.807) is 0 Å². The van der Waals surface area contributed by atoms with Gasteiger partial charge in [0.05, 0.1) is 11.0 Å². The van der Waals surface area contributed by atoms with E-state index >= 15 is 0 Å². The summed E-state index contributed by atoms with van der Waals surface area (Å²) in [6, 6.07) is 93.9. The molecule has 1 aromatic heterocycles. The molecule has 0 fully saturated rings. The molecule has 11 aromatic rings. The number of benzene rings is 10. The molecule has 0 amide bonds. The molecule has 0 atom stereocenters. The summed E-state index contributed by atoms with van der Waals surface area (Å²) in [5, 5.41) is 4.90. The summed E-state index contributed by atoms with van der Waals surface area (Å²) < 4.78 is 8.06. The second kappa shape index (κ2) is 15.7. The van der Waals surface area contributed by atoms with Crippen LogP contribution in [0.4, 0.5) is 17.1 Å². The number of hydrogen-bond acceptors (Lipinski definition) is 1. The summed E-state index contributed by atoms with van der Waals surface area (Å²) >= 11 is -3.35. The van der Waals surface area contributed by atoms with E-state index in [2.05, 4.69) is 264 Å². The Balaban J connectivity index is 1.02. The maximum atomic E-state index is 2.40. The molecule has 0 spiro atoms. The number of fused-ring (bicyclic) bond motifs is 4. The SMILES string of the molecule is c1ccc(-n2c3ccccc3c3cc(N(c4ccc(-c5cc[c]([Ge]([c]6ccccc6)([c]6ccccc6)[c]6ccccc6)cc5)cc4)c4ccc5ccccc5c4)ccc32)cc1. The normalized spacial score (nSPS) is 11.6. The first kappa shape index (κ1) is 36.7. The standard InChI is InChI=1S/C58H42GeN2/c1-5-19-47(20-6-1)59(48-21-7-2-8-22-48,49-23-9-3-10-24-49)50-34-29-44(30-35-50)45-31-36-52(37-32-45)60(53-38-33-43-17-13-14-18-46(43)41-53)54-39-40-58-56(42-54)55-27-15-16-28-57(55)61(58)51-25-11-4-12-26-51/h1-42H. The number of para-hydroxylation sites is 2. The van der Waals surface area contributed by atoms with Crippen molar-refractivity contribution in [2.45, 2.75) is 0 Å². The molecule has 0 N–H and O–H groups in total. The Morgan fingerprint density at radius 3 is 1.36 bits per heavy atom. The minimum atomic E-state index is -3.35. The number of rotatable bonds is 9. The first-order valence-electron chi connectivity index (χ1n) is 21.0. The van der Waals surface area contributed by atoms with Gasteiger partial charge in [-0.15, -0.1) is 0 Å². The van der Waals surface area contributed by atoms with Crippen LogP contribution in [-0.2, 0) is 0 Å². The summed E-state index contributed by atoms with van der Waals surface area (Å²) in [5.41, 5.74) is 9.27.